The fourth-order valence-corrected chi connectivity index (χ4v) is 6.03. The minimum absolute atomic E-state index is 0.119. The first kappa shape index (κ1) is 20.2. The molecule has 1 N–H and O–H groups in total. The Morgan fingerprint density at radius 3 is 2.69 bits per heavy atom. The van der Waals surface area contributed by atoms with Gasteiger partial charge in [0.1, 0.15) is 5.65 Å². The fraction of sp³-hybridized carbons (Fsp3) is 0.577. The highest BCUT2D eigenvalue weighted by Gasteiger charge is 2.30. The van der Waals surface area contributed by atoms with Gasteiger partial charge in [-0.05, 0) is 81.5 Å². The van der Waals surface area contributed by atoms with Crippen LogP contribution >= 0.6 is 0 Å². The lowest BCUT2D eigenvalue weighted by atomic mass is 9.80. The number of nitrogens with one attached hydrogen (secondary N) is 1. The lowest BCUT2D eigenvalue weighted by Crippen LogP contribution is -2.37. The SMILES string of the molecule is O=c1[nH]c2c(c(C3CCC3)nn2CC2CCCN(Cc3ccccn3)C2)c2c1CCCC2. The normalized spacial score (nSPS) is 22.1. The van der Waals surface area contributed by atoms with Gasteiger partial charge >= 0.3 is 0 Å². The molecular weight excluding hydrogens is 398 g/mol. The topological polar surface area (TPSA) is 66.8 Å². The zero-order valence-electron chi connectivity index (χ0n) is 18.9. The number of nitrogens with zero attached hydrogens (tertiary/aromatic N) is 4. The van der Waals surface area contributed by atoms with Crippen LogP contribution in [-0.2, 0) is 25.9 Å². The van der Waals surface area contributed by atoms with Gasteiger partial charge in [-0.25, -0.2) is 4.68 Å². The molecule has 2 aliphatic carbocycles. The van der Waals surface area contributed by atoms with Gasteiger partial charge in [-0.2, -0.15) is 5.10 Å². The summed E-state index contributed by atoms with van der Waals surface area (Å²) in [5, 5.41) is 6.48. The molecular formula is C26H33N5O. The number of fused-ring (bicyclic) bond motifs is 3. The summed E-state index contributed by atoms with van der Waals surface area (Å²) >= 11 is 0. The third kappa shape index (κ3) is 3.68. The zero-order chi connectivity index (χ0) is 21.5. The quantitative estimate of drug-likeness (QED) is 0.658. The highest BCUT2D eigenvalue weighted by Crippen LogP contribution is 2.41. The first-order valence-electron chi connectivity index (χ1n) is 12.5. The maximum absolute atomic E-state index is 12.9. The molecule has 6 rings (SSSR count). The molecule has 2 fully saturated rings. The molecule has 1 saturated heterocycles. The van der Waals surface area contributed by atoms with E-state index >= 15 is 0 Å². The van der Waals surface area contributed by atoms with Gasteiger partial charge in [0, 0.05) is 42.7 Å². The summed E-state index contributed by atoms with van der Waals surface area (Å²) in [6.45, 7) is 3.99. The van der Waals surface area contributed by atoms with Crippen molar-refractivity contribution in [3.8, 4) is 0 Å². The highest BCUT2D eigenvalue weighted by atomic mass is 16.1. The molecule has 0 amide bonds. The molecule has 6 nitrogen and oxygen atoms in total. The van der Waals surface area contributed by atoms with Crippen LogP contribution in [0.4, 0.5) is 0 Å². The number of pyridine rings is 2. The maximum Gasteiger partial charge on any atom is 0.253 e. The zero-order valence-corrected chi connectivity index (χ0v) is 18.9. The third-order valence-corrected chi connectivity index (χ3v) is 7.89. The van der Waals surface area contributed by atoms with Crippen molar-refractivity contribution in [2.75, 3.05) is 13.1 Å². The smallest absolute Gasteiger partial charge is 0.253 e. The van der Waals surface area contributed by atoms with E-state index in [1.165, 1.54) is 55.2 Å². The van der Waals surface area contributed by atoms with Crippen molar-refractivity contribution >= 4 is 11.0 Å². The minimum atomic E-state index is 0.119. The fourth-order valence-electron chi connectivity index (χ4n) is 6.03. The minimum Gasteiger partial charge on any atom is -0.307 e. The van der Waals surface area contributed by atoms with E-state index in [0.29, 0.717) is 11.8 Å². The van der Waals surface area contributed by atoms with Crippen LogP contribution in [0.5, 0.6) is 0 Å². The van der Waals surface area contributed by atoms with Crippen molar-refractivity contribution in [2.24, 2.45) is 5.92 Å². The molecule has 1 atom stereocenters. The number of piperidine rings is 1. The average Bonchev–Trinajstić information content (AvgIpc) is 3.11. The predicted molar refractivity (Wildman–Crippen MR) is 126 cm³/mol. The first-order chi connectivity index (χ1) is 15.8. The van der Waals surface area contributed by atoms with E-state index in [1.807, 2.05) is 12.3 Å². The number of hydrogen-bond donors (Lipinski definition) is 1. The number of aromatic nitrogens is 4. The van der Waals surface area contributed by atoms with Gasteiger partial charge in [0.2, 0.25) is 0 Å². The molecule has 3 aromatic rings. The summed E-state index contributed by atoms with van der Waals surface area (Å²) in [7, 11) is 0. The van der Waals surface area contributed by atoms with Gasteiger partial charge in [0.05, 0.1) is 11.4 Å². The van der Waals surface area contributed by atoms with E-state index in [-0.39, 0.29) is 5.56 Å². The summed E-state index contributed by atoms with van der Waals surface area (Å²) < 4.78 is 2.16. The van der Waals surface area contributed by atoms with Crippen molar-refractivity contribution in [3.63, 3.8) is 0 Å². The van der Waals surface area contributed by atoms with Crippen LogP contribution in [0.15, 0.2) is 29.2 Å². The number of likely N-dealkylation sites (tertiary alicyclic amines) is 1. The molecule has 1 saturated carbocycles. The van der Waals surface area contributed by atoms with Crippen LogP contribution in [0.25, 0.3) is 11.0 Å². The summed E-state index contributed by atoms with van der Waals surface area (Å²) in [4.78, 5) is 23.2. The second-order valence-electron chi connectivity index (χ2n) is 10.1. The Bertz CT molecular complexity index is 1160. The van der Waals surface area contributed by atoms with Crippen LogP contribution in [0.2, 0.25) is 0 Å². The third-order valence-electron chi connectivity index (χ3n) is 7.89. The molecule has 0 radical (unpaired) electrons. The van der Waals surface area contributed by atoms with E-state index < -0.39 is 0 Å². The largest absolute Gasteiger partial charge is 0.307 e. The number of hydrogen-bond acceptors (Lipinski definition) is 4. The van der Waals surface area contributed by atoms with E-state index in [0.717, 1.165) is 62.3 Å². The average molecular weight is 432 g/mol. The van der Waals surface area contributed by atoms with Crippen LogP contribution in [0, 0.1) is 5.92 Å². The van der Waals surface area contributed by atoms with Gasteiger partial charge in [-0.3, -0.25) is 14.7 Å². The van der Waals surface area contributed by atoms with Gasteiger partial charge in [0.25, 0.3) is 5.56 Å². The molecule has 0 bridgehead atoms. The molecule has 1 aliphatic heterocycles. The molecule has 6 heteroatoms. The Hall–Kier alpha value is -2.47. The van der Waals surface area contributed by atoms with Crippen molar-refractivity contribution in [2.45, 2.75) is 76.8 Å². The Balaban J connectivity index is 1.30. The first-order valence-corrected chi connectivity index (χ1v) is 12.5. The van der Waals surface area contributed by atoms with Crippen molar-refractivity contribution in [1.29, 1.82) is 0 Å². The van der Waals surface area contributed by atoms with Gasteiger partial charge < -0.3 is 4.98 Å². The standard InChI is InChI=1S/C26H33N5O/c32-26-22-12-2-1-11-21(22)23-24(19-8-5-9-19)29-31(25(23)28-26)16-18-7-6-14-30(15-18)17-20-10-3-4-13-27-20/h3-4,10,13,18-19H,1-2,5-9,11-12,14-17H2,(H,28,32). The predicted octanol–water partition coefficient (Wildman–Crippen LogP) is 4.18. The van der Waals surface area contributed by atoms with Crippen LogP contribution in [-0.4, -0.2) is 37.7 Å². The monoisotopic (exact) mass is 431 g/mol. The van der Waals surface area contributed by atoms with Crippen molar-refractivity contribution in [1.82, 2.24) is 24.6 Å². The summed E-state index contributed by atoms with van der Waals surface area (Å²) in [5.74, 6) is 1.12. The molecule has 3 aromatic heterocycles. The lowest BCUT2D eigenvalue weighted by Gasteiger charge is -2.32. The molecule has 3 aliphatic rings. The van der Waals surface area contributed by atoms with E-state index in [2.05, 4.69) is 31.7 Å². The van der Waals surface area contributed by atoms with Gasteiger partial charge in [0.15, 0.2) is 0 Å². The number of rotatable bonds is 5. The Kier molecular flexibility index (Phi) is 5.34. The maximum atomic E-state index is 12.9. The van der Waals surface area contributed by atoms with Crippen LogP contribution in [0.3, 0.4) is 0 Å². The number of aromatic amines is 1. The number of H-pyrrole nitrogens is 1. The lowest BCUT2D eigenvalue weighted by molar-refractivity contribution is 0.152. The molecule has 0 spiro atoms. The Labute approximate surface area is 189 Å². The van der Waals surface area contributed by atoms with Crippen LogP contribution < -0.4 is 5.56 Å². The van der Waals surface area contributed by atoms with E-state index in [9.17, 15) is 4.79 Å². The van der Waals surface area contributed by atoms with Crippen LogP contribution in [0.1, 0.15) is 73.4 Å². The van der Waals surface area contributed by atoms with Gasteiger partial charge in [-0.15, -0.1) is 0 Å². The molecule has 32 heavy (non-hydrogen) atoms. The van der Waals surface area contributed by atoms with Gasteiger partial charge in [-0.1, -0.05) is 12.5 Å². The molecule has 168 valence electrons. The van der Waals surface area contributed by atoms with Crippen molar-refractivity contribution < 1.29 is 0 Å². The molecule has 4 heterocycles. The summed E-state index contributed by atoms with van der Waals surface area (Å²) in [6.07, 6.45) is 12.3. The Morgan fingerprint density at radius 1 is 1.03 bits per heavy atom. The molecule has 0 aromatic carbocycles. The number of aryl methyl sites for hydroxylation is 1. The highest BCUT2D eigenvalue weighted by molar-refractivity contribution is 5.84. The van der Waals surface area contributed by atoms with E-state index in [4.69, 9.17) is 5.10 Å². The summed E-state index contributed by atoms with van der Waals surface area (Å²) in [5.41, 5.74) is 5.85. The second kappa shape index (κ2) is 8.47. The van der Waals surface area contributed by atoms with Crippen molar-refractivity contribution in [3.05, 3.63) is 57.3 Å². The molecule has 1 unspecified atom stereocenters. The second-order valence-corrected chi connectivity index (χ2v) is 10.1. The summed E-state index contributed by atoms with van der Waals surface area (Å²) in [6, 6.07) is 6.16. The Morgan fingerprint density at radius 2 is 1.91 bits per heavy atom. The van der Waals surface area contributed by atoms with E-state index in [1.54, 1.807) is 0 Å².